The van der Waals surface area contributed by atoms with E-state index in [2.05, 4.69) is 22.0 Å². The topological polar surface area (TPSA) is 67.3 Å². The predicted molar refractivity (Wildman–Crippen MR) is 110 cm³/mol. The molecule has 1 aliphatic rings. The molecular formula is C22H23FN4O2. The first-order chi connectivity index (χ1) is 14.1. The van der Waals surface area contributed by atoms with Crippen LogP contribution in [0.2, 0.25) is 0 Å². The molecule has 4 heterocycles. The summed E-state index contributed by atoms with van der Waals surface area (Å²) in [5.41, 5.74) is 3.44. The largest absolute Gasteiger partial charge is 0.506 e. The Labute approximate surface area is 167 Å². The number of hydrogen-bond donors (Lipinski definition) is 1. The number of rotatable bonds is 3. The predicted octanol–water partition coefficient (Wildman–Crippen LogP) is 4.46. The third-order valence-corrected chi connectivity index (χ3v) is 6.14. The van der Waals surface area contributed by atoms with Gasteiger partial charge in [-0.25, -0.2) is 4.39 Å². The van der Waals surface area contributed by atoms with Crippen molar-refractivity contribution in [3.05, 3.63) is 42.3 Å². The number of likely N-dealkylation sites (tertiary alicyclic amines) is 1. The lowest BCUT2D eigenvalue weighted by Crippen LogP contribution is -2.42. The van der Waals surface area contributed by atoms with Gasteiger partial charge in [0.15, 0.2) is 5.65 Å². The van der Waals surface area contributed by atoms with Crippen LogP contribution in [0.1, 0.15) is 24.9 Å². The van der Waals surface area contributed by atoms with Gasteiger partial charge in [-0.2, -0.15) is 0 Å². The highest BCUT2D eigenvalue weighted by atomic mass is 19.1. The van der Waals surface area contributed by atoms with E-state index >= 15 is 0 Å². The summed E-state index contributed by atoms with van der Waals surface area (Å²) in [7, 11) is 0. The third kappa shape index (κ3) is 2.80. The highest BCUT2D eigenvalue weighted by Gasteiger charge is 2.31. The summed E-state index contributed by atoms with van der Waals surface area (Å²) < 4.78 is 22.0. The minimum absolute atomic E-state index is 0.127. The zero-order chi connectivity index (χ0) is 20.1. The summed E-state index contributed by atoms with van der Waals surface area (Å²) in [5.74, 6) is 0.127. The number of phenolic OH excluding ortho intramolecular Hbond substituents is 1. The van der Waals surface area contributed by atoms with E-state index in [1.165, 1.54) is 0 Å². The lowest BCUT2D eigenvalue weighted by molar-refractivity contribution is 0.0987. The number of likely N-dealkylation sites (N-methyl/N-ethyl adjacent to an activating group) is 1. The van der Waals surface area contributed by atoms with Crippen LogP contribution in [-0.4, -0.2) is 50.6 Å². The fraction of sp³-hybridized carbons (Fsp3) is 0.364. The number of furan rings is 1. The van der Waals surface area contributed by atoms with Crippen LogP contribution in [0.15, 0.2) is 41.1 Å². The average Bonchev–Trinajstić information content (AvgIpc) is 3.37. The van der Waals surface area contributed by atoms with Gasteiger partial charge in [0.2, 0.25) is 0 Å². The minimum Gasteiger partial charge on any atom is -0.506 e. The first-order valence-electron chi connectivity index (χ1n) is 9.98. The van der Waals surface area contributed by atoms with Crippen molar-refractivity contribution in [1.82, 2.24) is 19.7 Å². The molecule has 6 nitrogen and oxygen atoms in total. The zero-order valence-electron chi connectivity index (χ0n) is 16.5. The van der Waals surface area contributed by atoms with Crippen molar-refractivity contribution in [3.8, 4) is 17.0 Å². The Bertz CT molecular complexity index is 1200. The SMILES string of the molecule is CCN1CC[C@@H](F)[C@@H](n2ccc3c(C)c(-c4ccc5occc5c4O)nnc32)C1. The normalized spacial score (nSPS) is 20.7. The summed E-state index contributed by atoms with van der Waals surface area (Å²) in [6.07, 6.45) is 3.09. The van der Waals surface area contributed by atoms with Gasteiger partial charge in [0.1, 0.15) is 23.2 Å². The quantitative estimate of drug-likeness (QED) is 0.556. The molecule has 0 spiro atoms. The Morgan fingerprint density at radius 2 is 2.07 bits per heavy atom. The van der Waals surface area contributed by atoms with Crippen molar-refractivity contribution in [1.29, 1.82) is 0 Å². The molecule has 0 radical (unpaired) electrons. The molecule has 3 aromatic heterocycles. The molecule has 5 rings (SSSR count). The second-order valence-electron chi connectivity index (χ2n) is 7.69. The molecular weight excluding hydrogens is 371 g/mol. The fourth-order valence-electron chi connectivity index (χ4n) is 4.40. The van der Waals surface area contributed by atoms with Crippen LogP contribution < -0.4 is 0 Å². The minimum atomic E-state index is -0.900. The van der Waals surface area contributed by atoms with Gasteiger partial charge in [-0.05, 0) is 49.7 Å². The highest BCUT2D eigenvalue weighted by Crippen LogP contribution is 2.38. The van der Waals surface area contributed by atoms with Crippen molar-refractivity contribution in [2.24, 2.45) is 0 Å². The number of aryl methyl sites for hydroxylation is 1. The lowest BCUT2D eigenvalue weighted by atomic mass is 10.0. The van der Waals surface area contributed by atoms with Gasteiger partial charge < -0.3 is 19.0 Å². The molecule has 1 saturated heterocycles. The van der Waals surface area contributed by atoms with Gasteiger partial charge in [0.25, 0.3) is 0 Å². The van der Waals surface area contributed by atoms with Gasteiger partial charge in [-0.3, -0.25) is 0 Å². The van der Waals surface area contributed by atoms with Gasteiger partial charge in [0, 0.05) is 30.2 Å². The summed E-state index contributed by atoms with van der Waals surface area (Å²) in [5, 5.41) is 21.1. The van der Waals surface area contributed by atoms with Crippen LogP contribution >= 0.6 is 0 Å². The number of phenols is 1. The Morgan fingerprint density at radius 3 is 2.90 bits per heavy atom. The summed E-state index contributed by atoms with van der Waals surface area (Å²) in [6, 6.07) is 7.04. The lowest BCUT2D eigenvalue weighted by Gasteiger charge is -2.35. The van der Waals surface area contributed by atoms with Crippen LogP contribution in [0.3, 0.4) is 0 Å². The third-order valence-electron chi connectivity index (χ3n) is 6.14. The molecule has 150 valence electrons. The summed E-state index contributed by atoms with van der Waals surface area (Å²) >= 11 is 0. The molecule has 0 amide bonds. The van der Waals surface area contributed by atoms with E-state index < -0.39 is 6.17 Å². The highest BCUT2D eigenvalue weighted by molar-refractivity contribution is 5.94. The number of aromatic hydroxyl groups is 1. The number of halogens is 1. The number of nitrogens with zero attached hydrogens (tertiary/aromatic N) is 4. The van der Waals surface area contributed by atoms with Gasteiger partial charge >= 0.3 is 0 Å². The van der Waals surface area contributed by atoms with E-state index in [4.69, 9.17) is 4.42 Å². The van der Waals surface area contributed by atoms with Crippen molar-refractivity contribution in [2.45, 2.75) is 32.5 Å². The molecule has 1 aromatic carbocycles. The molecule has 1 N–H and O–H groups in total. The van der Waals surface area contributed by atoms with Crippen molar-refractivity contribution >= 4 is 22.0 Å². The van der Waals surface area contributed by atoms with Crippen LogP contribution in [0.4, 0.5) is 4.39 Å². The first-order valence-corrected chi connectivity index (χ1v) is 9.98. The number of fused-ring (bicyclic) bond motifs is 2. The molecule has 7 heteroatoms. The molecule has 1 fully saturated rings. The number of benzene rings is 1. The number of aromatic nitrogens is 3. The smallest absolute Gasteiger partial charge is 0.163 e. The second-order valence-corrected chi connectivity index (χ2v) is 7.69. The van der Waals surface area contributed by atoms with Gasteiger partial charge in [-0.15, -0.1) is 10.2 Å². The van der Waals surface area contributed by atoms with Crippen LogP contribution in [0.5, 0.6) is 5.75 Å². The van der Waals surface area contributed by atoms with E-state index in [0.29, 0.717) is 40.8 Å². The Morgan fingerprint density at radius 1 is 1.21 bits per heavy atom. The van der Waals surface area contributed by atoms with E-state index in [1.807, 2.05) is 29.8 Å². The maximum atomic E-state index is 14.7. The molecule has 1 aliphatic heterocycles. The second kappa shape index (κ2) is 6.84. The maximum Gasteiger partial charge on any atom is 0.163 e. The van der Waals surface area contributed by atoms with E-state index in [0.717, 1.165) is 24.0 Å². The standard InChI is InChI=1S/C22H23FN4O2/c1-3-26-9-7-17(23)18(12-26)27-10-6-14-13(2)20(24-25-22(14)27)16-4-5-19-15(21(16)28)8-11-29-19/h4-6,8,10-11,17-18,28H,3,7,9,12H2,1-2H3/t17-,18+/m1/s1. The number of piperidine rings is 1. The molecule has 4 aromatic rings. The van der Waals surface area contributed by atoms with Crippen molar-refractivity contribution in [2.75, 3.05) is 19.6 Å². The molecule has 0 saturated carbocycles. The Kier molecular flexibility index (Phi) is 4.28. The monoisotopic (exact) mass is 394 g/mol. The van der Waals surface area contributed by atoms with Crippen LogP contribution in [0, 0.1) is 6.92 Å². The van der Waals surface area contributed by atoms with Crippen LogP contribution in [0.25, 0.3) is 33.3 Å². The maximum absolute atomic E-state index is 14.7. The van der Waals surface area contributed by atoms with E-state index in [-0.39, 0.29) is 11.8 Å². The van der Waals surface area contributed by atoms with E-state index in [1.54, 1.807) is 18.4 Å². The van der Waals surface area contributed by atoms with Crippen LogP contribution in [-0.2, 0) is 0 Å². The van der Waals surface area contributed by atoms with E-state index in [9.17, 15) is 9.50 Å². The van der Waals surface area contributed by atoms with Crippen molar-refractivity contribution < 1.29 is 13.9 Å². The van der Waals surface area contributed by atoms with Gasteiger partial charge in [0.05, 0.1) is 17.7 Å². The Hall–Kier alpha value is -2.93. The summed E-state index contributed by atoms with van der Waals surface area (Å²) in [4.78, 5) is 2.26. The molecule has 0 bridgehead atoms. The molecule has 0 aliphatic carbocycles. The Balaban J connectivity index is 1.60. The zero-order valence-corrected chi connectivity index (χ0v) is 16.5. The first kappa shape index (κ1) is 18.1. The fourth-order valence-corrected chi connectivity index (χ4v) is 4.40. The van der Waals surface area contributed by atoms with Gasteiger partial charge in [-0.1, -0.05) is 6.92 Å². The number of alkyl halides is 1. The molecule has 2 atom stereocenters. The summed E-state index contributed by atoms with van der Waals surface area (Å²) in [6.45, 7) is 6.43. The molecule has 29 heavy (non-hydrogen) atoms. The average molecular weight is 394 g/mol. The number of hydrogen-bond acceptors (Lipinski definition) is 5. The molecule has 0 unspecified atom stereocenters. The van der Waals surface area contributed by atoms with Crippen molar-refractivity contribution in [3.63, 3.8) is 0 Å².